The van der Waals surface area contributed by atoms with Crippen LogP contribution in [0.2, 0.25) is 0 Å². The Kier molecular flexibility index (Phi) is 7.85. The van der Waals surface area contributed by atoms with E-state index < -0.39 is 15.6 Å². The first-order valence-corrected chi connectivity index (χ1v) is 8.62. The van der Waals surface area contributed by atoms with Crippen molar-refractivity contribution in [2.75, 3.05) is 13.7 Å². The fraction of sp³-hybridized carbons (Fsp3) is 0.600. The lowest BCUT2D eigenvalue weighted by molar-refractivity contribution is 0.360. The molecule has 0 unspecified atom stereocenters. The highest BCUT2D eigenvalue weighted by molar-refractivity contribution is 7.89. The second-order valence-corrected chi connectivity index (χ2v) is 7.06. The van der Waals surface area contributed by atoms with E-state index in [-0.39, 0.29) is 23.8 Å². The highest BCUT2D eigenvalue weighted by Crippen LogP contribution is 2.30. The summed E-state index contributed by atoms with van der Waals surface area (Å²) in [7, 11) is -2.22. The van der Waals surface area contributed by atoms with Crippen molar-refractivity contribution in [3.05, 3.63) is 23.3 Å². The Balaban J connectivity index is 0.00000441. The van der Waals surface area contributed by atoms with E-state index in [4.69, 9.17) is 10.5 Å². The van der Waals surface area contributed by atoms with E-state index in [1.54, 1.807) is 6.07 Å². The van der Waals surface area contributed by atoms with Gasteiger partial charge in [-0.3, -0.25) is 0 Å². The van der Waals surface area contributed by atoms with Crippen LogP contribution in [-0.2, 0) is 10.0 Å². The molecule has 0 amide bonds. The minimum absolute atomic E-state index is 0. The lowest BCUT2D eigenvalue weighted by atomic mass is 9.95. The van der Waals surface area contributed by atoms with Gasteiger partial charge in [-0.2, -0.15) is 0 Å². The van der Waals surface area contributed by atoms with Crippen LogP contribution in [0.4, 0.5) is 0 Å². The van der Waals surface area contributed by atoms with Crippen molar-refractivity contribution in [3.63, 3.8) is 0 Å². The van der Waals surface area contributed by atoms with Crippen LogP contribution in [0.1, 0.15) is 37.8 Å². The molecule has 0 fully saturated rings. The first-order valence-electron chi connectivity index (χ1n) is 7.14. The number of nitrogens with one attached hydrogen (secondary N) is 1. The van der Waals surface area contributed by atoms with Crippen LogP contribution in [0.15, 0.2) is 17.0 Å². The maximum Gasteiger partial charge on any atom is 0.244 e. The van der Waals surface area contributed by atoms with Gasteiger partial charge >= 0.3 is 0 Å². The third kappa shape index (κ3) is 4.35. The van der Waals surface area contributed by atoms with E-state index in [1.165, 1.54) is 7.11 Å². The summed E-state index contributed by atoms with van der Waals surface area (Å²) in [5.74, 6) is 0.381. The maximum absolute atomic E-state index is 12.8. The monoisotopic (exact) mass is 350 g/mol. The molecule has 3 N–H and O–H groups in total. The standard InChI is InChI=1S/C15H26N2O3S.ClH/c1-6-15(7-2,10-16)17-21(18,19)13-9-11(3)8-12(4)14(13)20-5;/h8-9,17H,6-7,10,16H2,1-5H3;1H. The van der Waals surface area contributed by atoms with Crippen LogP contribution in [0.25, 0.3) is 0 Å². The van der Waals surface area contributed by atoms with Crippen molar-refractivity contribution in [3.8, 4) is 5.75 Å². The number of halogens is 1. The molecular weight excluding hydrogens is 324 g/mol. The van der Waals surface area contributed by atoms with Crippen molar-refractivity contribution in [2.24, 2.45) is 5.73 Å². The average Bonchev–Trinajstić information content (AvgIpc) is 2.44. The number of methoxy groups -OCH3 is 1. The van der Waals surface area contributed by atoms with Crippen molar-refractivity contribution >= 4 is 22.4 Å². The van der Waals surface area contributed by atoms with Crippen LogP contribution < -0.4 is 15.2 Å². The number of rotatable bonds is 7. The van der Waals surface area contributed by atoms with Crippen molar-refractivity contribution in [1.29, 1.82) is 0 Å². The summed E-state index contributed by atoms with van der Waals surface area (Å²) in [6, 6.07) is 3.52. The van der Waals surface area contributed by atoms with Crippen molar-refractivity contribution in [1.82, 2.24) is 4.72 Å². The van der Waals surface area contributed by atoms with Gasteiger partial charge in [-0.05, 0) is 43.9 Å². The molecule has 0 spiro atoms. The van der Waals surface area contributed by atoms with Gasteiger partial charge in [0.15, 0.2) is 0 Å². The van der Waals surface area contributed by atoms with Gasteiger partial charge in [0.1, 0.15) is 10.6 Å². The number of ether oxygens (including phenoxy) is 1. The first kappa shape index (κ1) is 21.2. The summed E-state index contributed by atoms with van der Waals surface area (Å²) in [6.07, 6.45) is 1.26. The lowest BCUT2D eigenvalue weighted by Gasteiger charge is -2.31. The summed E-state index contributed by atoms with van der Waals surface area (Å²) < 4.78 is 33.6. The Morgan fingerprint density at radius 1 is 1.23 bits per heavy atom. The number of benzene rings is 1. The Morgan fingerprint density at radius 3 is 2.18 bits per heavy atom. The van der Waals surface area contributed by atoms with E-state index in [0.717, 1.165) is 11.1 Å². The molecule has 5 nitrogen and oxygen atoms in total. The molecule has 1 aromatic carbocycles. The third-order valence-electron chi connectivity index (χ3n) is 3.97. The van der Waals surface area contributed by atoms with Crippen LogP contribution in [0.5, 0.6) is 5.75 Å². The zero-order valence-corrected chi connectivity index (χ0v) is 15.5. The quantitative estimate of drug-likeness (QED) is 0.791. The number of hydrogen-bond acceptors (Lipinski definition) is 4. The van der Waals surface area contributed by atoms with Crippen molar-refractivity contribution < 1.29 is 13.2 Å². The number of hydrogen-bond donors (Lipinski definition) is 2. The van der Waals surface area contributed by atoms with Crippen LogP contribution in [0, 0.1) is 13.8 Å². The molecule has 7 heteroatoms. The molecule has 128 valence electrons. The van der Waals surface area contributed by atoms with E-state index in [0.29, 0.717) is 18.6 Å². The van der Waals surface area contributed by atoms with Crippen LogP contribution in [-0.4, -0.2) is 27.6 Å². The Bertz CT molecular complexity index is 591. The summed E-state index contributed by atoms with van der Waals surface area (Å²) >= 11 is 0. The van der Waals surface area contributed by atoms with E-state index >= 15 is 0 Å². The minimum Gasteiger partial charge on any atom is -0.495 e. The molecule has 0 aromatic heterocycles. The first-order chi connectivity index (χ1) is 9.75. The predicted octanol–water partition coefficient (Wildman–Crippen LogP) is 2.53. The van der Waals surface area contributed by atoms with Gasteiger partial charge in [0.05, 0.1) is 7.11 Å². The van der Waals surface area contributed by atoms with E-state index in [2.05, 4.69) is 4.72 Å². The molecule has 0 saturated carbocycles. The summed E-state index contributed by atoms with van der Waals surface area (Å²) in [5.41, 5.74) is 6.83. The largest absolute Gasteiger partial charge is 0.495 e. The highest BCUT2D eigenvalue weighted by Gasteiger charge is 2.32. The van der Waals surface area contributed by atoms with Gasteiger partial charge in [-0.15, -0.1) is 12.4 Å². The molecule has 0 aliphatic carbocycles. The topological polar surface area (TPSA) is 81.4 Å². The van der Waals surface area contributed by atoms with Gasteiger partial charge < -0.3 is 10.5 Å². The lowest BCUT2D eigenvalue weighted by Crippen LogP contribution is -2.52. The molecular formula is C15H27ClN2O3S. The van der Waals surface area contributed by atoms with Crippen LogP contribution in [0.3, 0.4) is 0 Å². The predicted molar refractivity (Wildman–Crippen MR) is 92.4 cm³/mol. The number of aryl methyl sites for hydroxylation is 2. The molecule has 0 aliphatic heterocycles. The molecule has 0 saturated heterocycles. The van der Waals surface area contributed by atoms with E-state index in [1.807, 2.05) is 33.8 Å². The maximum atomic E-state index is 12.8. The normalized spacial score (nSPS) is 11.9. The number of sulfonamides is 1. The fourth-order valence-corrected chi connectivity index (χ4v) is 4.32. The molecule has 1 aromatic rings. The van der Waals surface area contributed by atoms with Gasteiger partial charge in [0.25, 0.3) is 0 Å². The molecule has 1 rings (SSSR count). The Morgan fingerprint density at radius 2 is 1.77 bits per heavy atom. The SMILES string of the molecule is CCC(CC)(CN)NS(=O)(=O)c1cc(C)cc(C)c1OC.Cl. The smallest absolute Gasteiger partial charge is 0.244 e. The van der Waals surface area contributed by atoms with Gasteiger partial charge in [0, 0.05) is 12.1 Å². The highest BCUT2D eigenvalue weighted by atomic mass is 35.5. The van der Waals surface area contributed by atoms with Gasteiger partial charge in [0.2, 0.25) is 10.0 Å². The average molecular weight is 351 g/mol. The zero-order valence-electron chi connectivity index (χ0n) is 13.9. The summed E-state index contributed by atoms with van der Waals surface area (Å²) in [4.78, 5) is 0.169. The van der Waals surface area contributed by atoms with E-state index in [9.17, 15) is 8.42 Å². The molecule has 0 radical (unpaired) electrons. The molecule has 0 atom stereocenters. The molecule has 0 heterocycles. The zero-order chi connectivity index (χ0) is 16.3. The number of nitrogens with two attached hydrogens (primary N) is 1. The van der Waals surface area contributed by atoms with Crippen LogP contribution >= 0.6 is 12.4 Å². The van der Waals surface area contributed by atoms with Gasteiger partial charge in [-0.25, -0.2) is 13.1 Å². The van der Waals surface area contributed by atoms with Gasteiger partial charge in [-0.1, -0.05) is 19.9 Å². The third-order valence-corrected chi connectivity index (χ3v) is 5.56. The van der Waals surface area contributed by atoms with Crippen molar-refractivity contribution in [2.45, 2.75) is 51.0 Å². The Hall–Kier alpha value is -0.820. The second kappa shape index (κ2) is 8.15. The second-order valence-electron chi connectivity index (χ2n) is 5.41. The summed E-state index contributed by atoms with van der Waals surface area (Å²) in [5, 5.41) is 0. The molecule has 22 heavy (non-hydrogen) atoms. The fourth-order valence-electron chi connectivity index (χ4n) is 2.44. The molecule has 0 aliphatic rings. The Labute approximate surface area is 140 Å². The minimum atomic E-state index is -3.70. The molecule has 0 bridgehead atoms. The summed E-state index contributed by atoms with van der Waals surface area (Å²) in [6.45, 7) is 7.81.